The lowest BCUT2D eigenvalue weighted by molar-refractivity contribution is -0.137. The molecule has 0 aromatic heterocycles. The molecule has 3 rings (SSSR count). The summed E-state index contributed by atoms with van der Waals surface area (Å²) < 4.78 is 43.3. The van der Waals surface area contributed by atoms with Crippen molar-refractivity contribution in [2.24, 2.45) is 0 Å². The average molecular weight is 468 g/mol. The van der Waals surface area contributed by atoms with Gasteiger partial charge >= 0.3 is 12.1 Å². The number of methoxy groups -OCH3 is 1. The Hall–Kier alpha value is -2.61. The van der Waals surface area contributed by atoms with Gasteiger partial charge < -0.3 is 10.1 Å². The number of hydrogen-bond donors (Lipinski definition) is 1. The third-order valence-electron chi connectivity index (χ3n) is 4.72. The van der Waals surface area contributed by atoms with Gasteiger partial charge in [0.25, 0.3) is 0 Å². The van der Waals surface area contributed by atoms with E-state index in [0.717, 1.165) is 12.1 Å². The van der Waals surface area contributed by atoms with E-state index < -0.39 is 17.7 Å². The Morgan fingerprint density at radius 3 is 2.45 bits per heavy atom. The number of benzene rings is 2. The maximum absolute atomic E-state index is 12.7. The number of carbonyl (C=O) groups is 2. The fourth-order valence-corrected chi connectivity index (χ4v) is 3.68. The zero-order chi connectivity index (χ0) is 21.2. The number of ether oxygens (including phenoxy) is 1. The monoisotopic (exact) mass is 467 g/mol. The van der Waals surface area contributed by atoms with Crippen molar-refractivity contribution in [1.29, 1.82) is 0 Å². The number of halogens is 4. The van der Waals surface area contributed by atoms with Crippen LogP contribution in [0, 0.1) is 0 Å². The van der Waals surface area contributed by atoms with E-state index in [0.29, 0.717) is 33.4 Å². The van der Waals surface area contributed by atoms with Gasteiger partial charge in [0, 0.05) is 6.42 Å². The SMILES string of the molecule is COC(=O)c1cccc(NC2=CCC(c3ccc(C(F)(F)F)cc3)CC2=O)c1Br. The molecule has 1 aliphatic rings. The number of hydrogen-bond acceptors (Lipinski definition) is 4. The summed E-state index contributed by atoms with van der Waals surface area (Å²) >= 11 is 3.35. The number of esters is 1. The molecule has 1 atom stereocenters. The van der Waals surface area contributed by atoms with Gasteiger partial charge in [-0.3, -0.25) is 4.79 Å². The first kappa shape index (κ1) is 21.1. The van der Waals surface area contributed by atoms with E-state index in [4.69, 9.17) is 4.74 Å². The normalized spacial score (nSPS) is 16.9. The zero-order valence-corrected chi connectivity index (χ0v) is 16.9. The van der Waals surface area contributed by atoms with Crippen LogP contribution in [0.3, 0.4) is 0 Å². The molecule has 1 aliphatic carbocycles. The van der Waals surface area contributed by atoms with E-state index in [1.54, 1.807) is 24.3 Å². The highest BCUT2D eigenvalue weighted by molar-refractivity contribution is 9.10. The molecule has 0 saturated heterocycles. The minimum absolute atomic E-state index is 0.156. The van der Waals surface area contributed by atoms with Crippen LogP contribution in [-0.4, -0.2) is 18.9 Å². The Kier molecular flexibility index (Phi) is 6.12. The highest BCUT2D eigenvalue weighted by Gasteiger charge is 2.31. The van der Waals surface area contributed by atoms with E-state index in [1.807, 2.05) is 0 Å². The van der Waals surface area contributed by atoms with E-state index in [9.17, 15) is 22.8 Å². The van der Waals surface area contributed by atoms with Crippen LogP contribution >= 0.6 is 15.9 Å². The summed E-state index contributed by atoms with van der Waals surface area (Å²) in [4.78, 5) is 24.4. The third-order valence-corrected chi connectivity index (χ3v) is 5.58. The second kappa shape index (κ2) is 8.41. The van der Waals surface area contributed by atoms with Crippen molar-refractivity contribution in [2.75, 3.05) is 12.4 Å². The smallest absolute Gasteiger partial charge is 0.416 e. The van der Waals surface area contributed by atoms with Gasteiger partial charge in [-0.1, -0.05) is 24.3 Å². The van der Waals surface area contributed by atoms with Gasteiger partial charge in [0.1, 0.15) is 0 Å². The lowest BCUT2D eigenvalue weighted by Crippen LogP contribution is -2.20. The number of carbonyl (C=O) groups excluding carboxylic acids is 2. The topological polar surface area (TPSA) is 55.4 Å². The Balaban J connectivity index is 1.76. The van der Waals surface area contributed by atoms with Crippen molar-refractivity contribution >= 4 is 33.4 Å². The maximum Gasteiger partial charge on any atom is 0.416 e. The molecule has 0 heterocycles. The van der Waals surface area contributed by atoms with Crippen LogP contribution in [-0.2, 0) is 15.7 Å². The van der Waals surface area contributed by atoms with Crippen molar-refractivity contribution < 1.29 is 27.5 Å². The molecule has 1 unspecified atom stereocenters. The number of rotatable bonds is 4. The predicted octanol–water partition coefficient (Wildman–Crippen LogP) is 5.70. The summed E-state index contributed by atoms with van der Waals surface area (Å²) in [5, 5.41) is 3.03. The maximum atomic E-state index is 12.7. The fraction of sp³-hybridized carbons (Fsp3) is 0.238. The second-order valence-electron chi connectivity index (χ2n) is 6.58. The molecule has 0 spiro atoms. The van der Waals surface area contributed by atoms with Crippen molar-refractivity contribution in [2.45, 2.75) is 24.9 Å². The van der Waals surface area contributed by atoms with Crippen molar-refractivity contribution in [1.82, 2.24) is 0 Å². The van der Waals surface area contributed by atoms with E-state index >= 15 is 0 Å². The molecule has 0 radical (unpaired) electrons. The summed E-state index contributed by atoms with van der Waals surface area (Å²) in [5.74, 6) is -0.844. The minimum atomic E-state index is -4.38. The summed E-state index contributed by atoms with van der Waals surface area (Å²) in [5.41, 5.74) is 1.23. The molecule has 29 heavy (non-hydrogen) atoms. The molecule has 0 saturated carbocycles. The predicted molar refractivity (Wildman–Crippen MR) is 106 cm³/mol. The fourth-order valence-electron chi connectivity index (χ4n) is 3.15. The number of nitrogens with one attached hydrogen (secondary N) is 1. The Morgan fingerprint density at radius 1 is 1.17 bits per heavy atom. The van der Waals surface area contributed by atoms with Gasteiger partial charge in [-0.15, -0.1) is 0 Å². The number of Topliss-reactive ketones (excluding diaryl/α,β-unsaturated/α-hetero) is 1. The molecular formula is C21H17BrF3NO3. The first-order valence-corrected chi connectivity index (χ1v) is 9.54. The van der Waals surface area contributed by atoms with Crippen molar-refractivity contribution in [3.05, 3.63) is 75.4 Å². The summed E-state index contributed by atoms with van der Waals surface area (Å²) in [6, 6.07) is 9.88. The van der Waals surface area contributed by atoms with E-state index in [2.05, 4.69) is 21.2 Å². The number of anilines is 1. The summed E-state index contributed by atoms with van der Waals surface area (Å²) in [7, 11) is 1.28. The van der Waals surface area contributed by atoms with Crippen LogP contribution < -0.4 is 5.32 Å². The Bertz CT molecular complexity index is 968. The first-order valence-electron chi connectivity index (χ1n) is 8.75. The molecule has 0 aliphatic heterocycles. The molecule has 0 amide bonds. The minimum Gasteiger partial charge on any atom is -0.465 e. The van der Waals surface area contributed by atoms with Crippen LogP contribution in [0.1, 0.15) is 40.2 Å². The molecule has 8 heteroatoms. The quantitative estimate of drug-likeness (QED) is 0.586. The van der Waals surface area contributed by atoms with Gasteiger partial charge in [-0.25, -0.2) is 4.79 Å². The van der Waals surface area contributed by atoms with Crippen molar-refractivity contribution in [3.63, 3.8) is 0 Å². The standard InChI is InChI=1S/C21H17BrF3NO3/c1-29-20(28)15-3-2-4-17(19(15)22)26-16-10-7-13(11-18(16)27)12-5-8-14(9-6-12)21(23,24)25/h2-6,8-10,13,26H,7,11H2,1H3. The highest BCUT2D eigenvalue weighted by atomic mass is 79.9. The number of allylic oxidation sites excluding steroid dienone is 2. The lowest BCUT2D eigenvalue weighted by Gasteiger charge is -2.23. The molecular weight excluding hydrogens is 451 g/mol. The first-order chi connectivity index (χ1) is 13.7. The number of ketones is 1. The largest absolute Gasteiger partial charge is 0.465 e. The van der Waals surface area contributed by atoms with Crippen molar-refractivity contribution in [3.8, 4) is 0 Å². The Labute approximate surface area is 173 Å². The van der Waals surface area contributed by atoms with Crippen LogP contribution in [0.4, 0.5) is 18.9 Å². The van der Waals surface area contributed by atoms with Crippen LogP contribution in [0.15, 0.2) is 58.7 Å². The Morgan fingerprint density at radius 2 is 1.86 bits per heavy atom. The van der Waals surface area contributed by atoms with Crippen LogP contribution in [0.25, 0.3) is 0 Å². The highest BCUT2D eigenvalue weighted by Crippen LogP contribution is 2.35. The van der Waals surface area contributed by atoms with Gasteiger partial charge in [0.15, 0.2) is 5.78 Å². The lowest BCUT2D eigenvalue weighted by atomic mass is 9.85. The number of alkyl halides is 3. The average Bonchev–Trinajstić information content (AvgIpc) is 2.69. The third kappa shape index (κ3) is 4.70. The summed E-state index contributed by atoms with van der Waals surface area (Å²) in [6.45, 7) is 0. The molecule has 152 valence electrons. The molecule has 0 bridgehead atoms. The summed E-state index contributed by atoms with van der Waals surface area (Å²) in [6.07, 6.45) is -1.97. The molecule has 4 nitrogen and oxygen atoms in total. The van der Waals surface area contributed by atoms with E-state index in [1.165, 1.54) is 19.2 Å². The van der Waals surface area contributed by atoms with Crippen LogP contribution in [0.2, 0.25) is 0 Å². The zero-order valence-electron chi connectivity index (χ0n) is 15.3. The van der Waals surface area contributed by atoms with Gasteiger partial charge in [0.2, 0.25) is 0 Å². The van der Waals surface area contributed by atoms with Gasteiger partial charge in [-0.05, 0) is 58.1 Å². The molecule has 0 fully saturated rings. The molecule has 2 aromatic rings. The van der Waals surface area contributed by atoms with E-state index in [-0.39, 0.29) is 18.1 Å². The van der Waals surface area contributed by atoms with Gasteiger partial charge in [0.05, 0.1) is 34.1 Å². The van der Waals surface area contributed by atoms with Crippen LogP contribution in [0.5, 0.6) is 0 Å². The van der Waals surface area contributed by atoms with Gasteiger partial charge in [-0.2, -0.15) is 13.2 Å². The molecule has 1 N–H and O–H groups in total. The second-order valence-corrected chi connectivity index (χ2v) is 7.37. The molecule has 2 aromatic carbocycles.